The Hall–Kier alpha value is -2.75. The van der Waals surface area contributed by atoms with Crippen LogP contribution in [0.3, 0.4) is 0 Å². The molecule has 0 saturated heterocycles. The highest BCUT2D eigenvalue weighted by molar-refractivity contribution is 5.29. The maximum atomic E-state index is 12.4. The summed E-state index contributed by atoms with van der Waals surface area (Å²) in [6.07, 6.45) is 0.528. The van der Waals surface area contributed by atoms with E-state index in [0.29, 0.717) is 18.7 Å². The number of hydrogen-bond acceptors (Lipinski definition) is 2. The van der Waals surface area contributed by atoms with Gasteiger partial charge in [0.05, 0.1) is 12.2 Å². The topological polar surface area (TPSA) is 47.2 Å². The number of benzene rings is 2. The molecule has 0 amide bonds. The molecule has 0 spiro atoms. The van der Waals surface area contributed by atoms with Crippen molar-refractivity contribution < 1.29 is 5.11 Å². The number of hydrogen-bond donors (Lipinski definition) is 1. The Morgan fingerprint density at radius 3 is 2.05 bits per heavy atom. The predicted octanol–water partition coefficient (Wildman–Crippen LogP) is 2.53. The number of imidazole rings is 1. The van der Waals surface area contributed by atoms with Gasteiger partial charge in [-0.1, -0.05) is 60.7 Å². The number of aromatic hydroxyl groups is 1. The fourth-order valence-electron chi connectivity index (χ4n) is 2.59. The van der Waals surface area contributed by atoms with E-state index < -0.39 is 0 Å². The molecular formula is C18H18N2O2. The van der Waals surface area contributed by atoms with Crippen LogP contribution in [0.1, 0.15) is 16.8 Å². The van der Waals surface area contributed by atoms with Crippen LogP contribution in [-0.4, -0.2) is 14.2 Å². The summed E-state index contributed by atoms with van der Waals surface area (Å²) in [6.45, 7) is 0.369. The summed E-state index contributed by atoms with van der Waals surface area (Å²) in [7, 11) is 1.70. The zero-order valence-corrected chi connectivity index (χ0v) is 12.4. The van der Waals surface area contributed by atoms with E-state index in [2.05, 4.69) is 0 Å². The summed E-state index contributed by atoms with van der Waals surface area (Å²) in [6, 6.07) is 19.5. The summed E-state index contributed by atoms with van der Waals surface area (Å²) in [4.78, 5) is 12.4. The minimum absolute atomic E-state index is 0.0419. The lowest BCUT2D eigenvalue weighted by atomic mass is 10.1. The second-order valence-electron chi connectivity index (χ2n) is 5.35. The molecule has 1 aromatic heterocycles. The van der Waals surface area contributed by atoms with Crippen molar-refractivity contribution in [1.82, 2.24) is 9.13 Å². The van der Waals surface area contributed by atoms with Crippen molar-refractivity contribution in [3.63, 3.8) is 0 Å². The van der Waals surface area contributed by atoms with E-state index in [9.17, 15) is 9.90 Å². The van der Waals surface area contributed by atoms with Crippen molar-refractivity contribution in [2.45, 2.75) is 13.0 Å². The maximum absolute atomic E-state index is 12.4. The summed E-state index contributed by atoms with van der Waals surface area (Å²) < 4.78 is 2.93. The molecule has 3 rings (SSSR count). The van der Waals surface area contributed by atoms with Crippen molar-refractivity contribution >= 4 is 0 Å². The van der Waals surface area contributed by atoms with E-state index in [1.807, 2.05) is 60.7 Å². The smallest absolute Gasteiger partial charge is 0.331 e. The second-order valence-corrected chi connectivity index (χ2v) is 5.35. The minimum atomic E-state index is -0.202. The van der Waals surface area contributed by atoms with Crippen molar-refractivity contribution in [2.24, 2.45) is 7.05 Å². The Balaban J connectivity index is 1.96. The lowest BCUT2D eigenvalue weighted by Crippen LogP contribution is -2.23. The first-order valence-corrected chi connectivity index (χ1v) is 7.22. The fourth-order valence-corrected chi connectivity index (χ4v) is 2.59. The molecular weight excluding hydrogens is 276 g/mol. The Bertz CT molecular complexity index is 818. The molecule has 1 heterocycles. The van der Waals surface area contributed by atoms with Crippen LogP contribution in [0, 0.1) is 0 Å². The zero-order valence-electron chi connectivity index (χ0n) is 12.4. The van der Waals surface area contributed by atoms with Gasteiger partial charge in [-0.05, 0) is 11.1 Å². The molecule has 4 heteroatoms. The first-order chi connectivity index (χ1) is 10.7. The Labute approximate surface area is 128 Å². The second kappa shape index (κ2) is 5.93. The van der Waals surface area contributed by atoms with Crippen molar-refractivity contribution in [3.05, 3.63) is 88.0 Å². The standard InChI is InChI=1S/C18H18N2O2/c1-19-16(12-14-8-4-2-5-9-14)17(21)20(18(19)22)13-15-10-6-3-7-11-15/h2-11,21H,12-13H2,1H3. The van der Waals surface area contributed by atoms with Gasteiger partial charge in [0.15, 0.2) is 0 Å². The molecule has 112 valence electrons. The summed E-state index contributed by atoms with van der Waals surface area (Å²) in [5.74, 6) is 0.0419. The van der Waals surface area contributed by atoms with Crippen LogP contribution in [0.2, 0.25) is 0 Å². The molecule has 0 atom stereocenters. The molecule has 3 aromatic rings. The molecule has 2 aromatic carbocycles. The van der Waals surface area contributed by atoms with Gasteiger partial charge in [0.25, 0.3) is 0 Å². The third kappa shape index (κ3) is 2.68. The summed E-state index contributed by atoms with van der Waals surface area (Å²) >= 11 is 0. The number of nitrogens with zero attached hydrogens (tertiary/aromatic N) is 2. The van der Waals surface area contributed by atoms with Crippen LogP contribution >= 0.6 is 0 Å². The predicted molar refractivity (Wildman–Crippen MR) is 86.1 cm³/mol. The van der Waals surface area contributed by atoms with Gasteiger partial charge in [-0.25, -0.2) is 4.79 Å². The van der Waals surface area contributed by atoms with Gasteiger partial charge < -0.3 is 5.11 Å². The van der Waals surface area contributed by atoms with E-state index >= 15 is 0 Å². The summed E-state index contributed by atoms with van der Waals surface area (Å²) in [5.41, 5.74) is 2.47. The number of rotatable bonds is 4. The average molecular weight is 294 g/mol. The first kappa shape index (κ1) is 14.2. The Kier molecular flexibility index (Phi) is 3.83. The van der Waals surface area contributed by atoms with Gasteiger partial charge in [-0.15, -0.1) is 0 Å². The average Bonchev–Trinajstić information content (AvgIpc) is 2.75. The van der Waals surface area contributed by atoms with Crippen LogP contribution in [-0.2, 0) is 20.0 Å². The monoisotopic (exact) mass is 294 g/mol. The largest absolute Gasteiger partial charge is 0.493 e. The quantitative estimate of drug-likeness (QED) is 0.804. The van der Waals surface area contributed by atoms with Crippen LogP contribution in [0.4, 0.5) is 0 Å². The zero-order chi connectivity index (χ0) is 15.5. The van der Waals surface area contributed by atoms with Gasteiger partial charge in [0, 0.05) is 13.5 Å². The maximum Gasteiger partial charge on any atom is 0.331 e. The van der Waals surface area contributed by atoms with Gasteiger partial charge in [-0.3, -0.25) is 9.13 Å². The Morgan fingerprint density at radius 1 is 0.909 bits per heavy atom. The molecule has 0 aliphatic rings. The highest BCUT2D eigenvalue weighted by Gasteiger charge is 2.17. The molecule has 0 fully saturated rings. The molecule has 1 N–H and O–H groups in total. The van der Waals surface area contributed by atoms with E-state index in [0.717, 1.165) is 11.1 Å². The molecule has 0 radical (unpaired) electrons. The lowest BCUT2D eigenvalue weighted by Gasteiger charge is -2.05. The van der Waals surface area contributed by atoms with E-state index in [-0.39, 0.29) is 11.6 Å². The lowest BCUT2D eigenvalue weighted by molar-refractivity contribution is 0.416. The molecule has 0 aliphatic carbocycles. The normalized spacial score (nSPS) is 10.8. The van der Waals surface area contributed by atoms with E-state index in [1.54, 1.807) is 7.05 Å². The van der Waals surface area contributed by atoms with E-state index in [1.165, 1.54) is 9.13 Å². The van der Waals surface area contributed by atoms with Crippen LogP contribution in [0.25, 0.3) is 0 Å². The molecule has 0 unspecified atom stereocenters. The molecule has 4 nitrogen and oxygen atoms in total. The van der Waals surface area contributed by atoms with Gasteiger partial charge >= 0.3 is 5.69 Å². The van der Waals surface area contributed by atoms with Crippen molar-refractivity contribution in [2.75, 3.05) is 0 Å². The first-order valence-electron chi connectivity index (χ1n) is 7.22. The van der Waals surface area contributed by atoms with Crippen LogP contribution < -0.4 is 5.69 Å². The van der Waals surface area contributed by atoms with Gasteiger partial charge in [0.1, 0.15) is 0 Å². The fraction of sp³-hybridized carbons (Fsp3) is 0.167. The highest BCUT2D eigenvalue weighted by atomic mass is 16.3. The van der Waals surface area contributed by atoms with Gasteiger partial charge in [-0.2, -0.15) is 0 Å². The van der Waals surface area contributed by atoms with Crippen LogP contribution in [0.15, 0.2) is 65.5 Å². The molecule has 22 heavy (non-hydrogen) atoms. The molecule has 0 aliphatic heterocycles. The third-order valence-corrected chi connectivity index (χ3v) is 3.83. The SMILES string of the molecule is Cn1c(Cc2ccccc2)c(O)n(Cc2ccccc2)c1=O. The third-order valence-electron chi connectivity index (χ3n) is 3.83. The van der Waals surface area contributed by atoms with Crippen LogP contribution in [0.5, 0.6) is 5.88 Å². The minimum Gasteiger partial charge on any atom is -0.493 e. The van der Waals surface area contributed by atoms with Gasteiger partial charge in [0.2, 0.25) is 5.88 Å². The molecule has 0 bridgehead atoms. The number of aromatic nitrogens is 2. The highest BCUT2D eigenvalue weighted by Crippen LogP contribution is 2.20. The van der Waals surface area contributed by atoms with Crippen molar-refractivity contribution in [3.8, 4) is 5.88 Å². The summed E-state index contributed by atoms with van der Waals surface area (Å²) in [5, 5.41) is 10.5. The van der Waals surface area contributed by atoms with Crippen molar-refractivity contribution in [1.29, 1.82) is 0 Å². The Morgan fingerprint density at radius 2 is 1.45 bits per heavy atom. The van der Waals surface area contributed by atoms with E-state index in [4.69, 9.17) is 0 Å². The molecule has 0 saturated carbocycles.